The second-order valence-corrected chi connectivity index (χ2v) is 4.25. The van der Waals surface area contributed by atoms with E-state index in [0.29, 0.717) is 11.3 Å². The summed E-state index contributed by atoms with van der Waals surface area (Å²) in [6.07, 6.45) is 0. The maximum Gasteiger partial charge on any atom is 0.255 e. The molecular weight excluding hydrogens is 228 g/mol. The maximum absolute atomic E-state index is 12.1. The zero-order chi connectivity index (χ0) is 13.3. The fourth-order valence-corrected chi connectivity index (χ4v) is 1.82. The van der Waals surface area contributed by atoms with Crippen molar-refractivity contribution in [3.8, 4) is 0 Å². The molecule has 5 nitrogen and oxygen atoms in total. The second-order valence-electron chi connectivity index (χ2n) is 4.25. The Morgan fingerprint density at radius 3 is 2.67 bits per heavy atom. The van der Waals surface area contributed by atoms with E-state index in [1.165, 1.54) is 0 Å². The molecule has 0 spiro atoms. The minimum Gasteiger partial charge on any atom is -0.399 e. The number of hydrogen-bond acceptors (Lipinski definition) is 3. The third kappa shape index (κ3) is 2.20. The van der Waals surface area contributed by atoms with Gasteiger partial charge in [-0.3, -0.25) is 9.48 Å². The van der Waals surface area contributed by atoms with Crippen molar-refractivity contribution in [2.24, 2.45) is 7.05 Å². The van der Waals surface area contributed by atoms with E-state index in [1.54, 1.807) is 28.9 Å². The van der Waals surface area contributed by atoms with Gasteiger partial charge in [0.1, 0.15) is 0 Å². The number of benzene rings is 1. The first-order chi connectivity index (χ1) is 8.49. The minimum atomic E-state index is -0.179. The number of carbonyl (C=O) groups is 1. The molecule has 1 aromatic heterocycles. The van der Waals surface area contributed by atoms with Crippen molar-refractivity contribution in [3.63, 3.8) is 0 Å². The van der Waals surface area contributed by atoms with Crippen LogP contribution >= 0.6 is 0 Å². The van der Waals surface area contributed by atoms with E-state index in [0.717, 1.165) is 17.1 Å². The predicted octanol–water partition coefficient (Wildman–Crippen LogP) is 1.87. The van der Waals surface area contributed by atoms with E-state index in [9.17, 15) is 4.79 Å². The number of nitrogens with two attached hydrogens (primary N) is 1. The van der Waals surface area contributed by atoms with Gasteiger partial charge < -0.3 is 11.1 Å². The number of nitrogen functional groups attached to an aromatic ring is 1. The van der Waals surface area contributed by atoms with Crippen LogP contribution < -0.4 is 11.1 Å². The van der Waals surface area contributed by atoms with Gasteiger partial charge in [-0.25, -0.2) is 0 Å². The van der Waals surface area contributed by atoms with E-state index in [1.807, 2.05) is 20.9 Å². The van der Waals surface area contributed by atoms with Crippen LogP contribution in [0.4, 0.5) is 11.4 Å². The van der Waals surface area contributed by atoms with Gasteiger partial charge >= 0.3 is 0 Å². The minimum absolute atomic E-state index is 0.179. The van der Waals surface area contributed by atoms with Crippen molar-refractivity contribution in [2.45, 2.75) is 13.8 Å². The Hall–Kier alpha value is -2.30. The summed E-state index contributed by atoms with van der Waals surface area (Å²) in [5.74, 6) is -0.179. The Bertz CT molecular complexity index is 601. The first-order valence-corrected chi connectivity index (χ1v) is 5.66. The van der Waals surface area contributed by atoms with Gasteiger partial charge in [0, 0.05) is 18.3 Å². The Kier molecular flexibility index (Phi) is 3.06. The van der Waals surface area contributed by atoms with Crippen LogP contribution in [0.25, 0.3) is 0 Å². The van der Waals surface area contributed by atoms with Crippen LogP contribution in [0.1, 0.15) is 21.7 Å². The zero-order valence-electron chi connectivity index (χ0n) is 10.7. The maximum atomic E-state index is 12.1. The Morgan fingerprint density at radius 1 is 1.39 bits per heavy atom. The largest absolute Gasteiger partial charge is 0.399 e. The van der Waals surface area contributed by atoms with Crippen molar-refractivity contribution in [3.05, 3.63) is 41.2 Å². The van der Waals surface area contributed by atoms with E-state index in [-0.39, 0.29) is 5.91 Å². The molecular formula is C13H16N4O. The highest BCUT2D eigenvalue weighted by Gasteiger charge is 2.13. The summed E-state index contributed by atoms with van der Waals surface area (Å²) >= 11 is 0. The predicted molar refractivity (Wildman–Crippen MR) is 71.5 cm³/mol. The number of carbonyl (C=O) groups excluding carboxylic acids is 1. The SMILES string of the molecule is Cc1nn(C)c(C)c1NC(=O)c1cccc(N)c1. The van der Waals surface area contributed by atoms with Gasteiger partial charge in [-0.1, -0.05) is 6.07 Å². The van der Waals surface area contributed by atoms with Crippen LogP contribution in [0.5, 0.6) is 0 Å². The van der Waals surface area contributed by atoms with Gasteiger partial charge in [0.25, 0.3) is 5.91 Å². The summed E-state index contributed by atoms with van der Waals surface area (Å²) in [7, 11) is 1.85. The van der Waals surface area contributed by atoms with Crippen molar-refractivity contribution >= 4 is 17.3 Å². The number of nitrogens with one attached hydrogen (secondary N) is 1. The number of anilines is 2. The Morgan fingerprint density at radius 2 is 2.11 bits per heavy atom. The quantitative estimate of drug-likeness (QED) is 0.792. The van der Waals surface area contributed by atoms with Crippen LogP contribution in [-0.4, -0.2) is 15.7 Å². The van der Waals surface area contributed by atoms with Crippen LogP contribution in [-0.2, 0) is 7.05 Å². The molecule has 0 aliphatic rings. The summed E-state index contributed by atoms with van der Waals surface area (Å²) in [4.78, 5) is 12.1. The van der Waals surface area contributed by atoms with Gasteiger partial charge in [-0.05, 0) is 32.0 Å². The van der Waals surface area contributed by atoms with Gasteiger partial charge in [0.15, 0.2) is 0 Å². The molecule has 0 radical (unpaired) electrons. The fraction of sp³-hybridized carbons (Fsp3) is 0.231. The molecule has 0 unspecified atom stereocenters. The molecule has 1 amide bonds. The zero-order valence-corrected chi connectivity index (χ0v) is 10.7. The number of aryl methyl sites for hydroxylation is 2. The van der Waals surface area contributed by atoms with Gasteiger partial charge in [0.2, 0.25) is 0 Å². The number of nitrogens with zero attached hydrogens (tertiary/aromatic N) is 2. The van der Waals surface area contributed by atoms with Crippen molar-refractivity contribution in [1.82, 2.24) is 9.78 Å². The number of rotatable bonds is 2. The van der Waals surface area contributed by atoms with Crippen LogP contribution in [0.3, 0.4) is 0 Å². The first-order valence-electron chi connectivity index (χ1n) is 5.66. The molecule has 3 N–H and O–H groups in total. The van der Waals surface area contributed by atoms with Crippen LogP contribution in [0.15, 0.2) is 24.3 Å². The lowest BCUT2D eigenvalue weighted by molar-refractivity contribution is 0.102. The van der Waals surface area contributed by atoms with Crippen molar-refractivity contribution in [1.29, 1.82) is 0 Å². The first kappa shape index (κ1) is 12.2. The molecule has 1 heterocycles. The lowest BCUT2D eigenvalue weighted by Gasteiger charge is -2.06. The summed E-state index contributed by atoms with van der Waals surface area (Å²) in [5.41, 5.74) is 9.24. The number of aromatic nitrogens is 2. The molecule has 1 aromatic carbocycles. The molecule has 94 valence electrons. The lowest BCUT2D eigenvalue weighted by Crippen LogP contribution is -2.13. The topological polar surface area (TPSA) is 72.9 Å². The van der Waals surface area contributed by atoms with Crippen LogP contribution in [0.2, 0.25) is 0 Å². The smallest absolute Gasteiger partial charge is 0.255 e. The lowest BCUT2D eigenvalue weighted by atomic mass is 10.2. The molecule has 2 aromatic rings. The highest BCUT2D eigenvalue weighted by molar-refractivity contribution is 6.05. The molecule has 0 saturated heterocycles. The average Bonchev–Trinajstić information content (AvgIpc) is 2.56. The normalized spacial score (nSPS) is 10.4. The van der Waals surface area contributed by atoms with Gasteiger partial charge in [-0.2, -0.15) is 5.10 Å². The molecule has 0 aliphatic heterocycles. The molecule has 0 atom stereocenters. The monoisotopic (exact) mass is 244 g/mol. The molecule has 18 heavy (non-hydrogen) atoms. The van der Waals surface area contributed by atoms with E-state index in [2.05, 4.69) is 10.4 Å². The van der Waals surface area contributed by atoms with Crippen LogP contribution in [0, 0.1) is 13.8 Å². The summed E-state index contributed by atoms with van der Waals surface area (Å²) in [5, 5.41) is 7.12. The average molecular weight is 244 g/mol. The van der Waals surface area contributed by atoms with Crippen molar-refractivity contribution in [2.75, 3.05) is 11.1 Å². The van der Waals surface area contributed by atoms with Gasteiger partial charge in [-0.15, -0.1) is 0 Å². The van der Waals surface area contributed by atoms with E-state index < -0.39 is 0 Å². The summed E-state index contributed by atoms with van der Waals surface area (Å²) in [6, 6.07) is 6.88. The third-order valence-corrected chi connectivity index (χ3v) is 2.90. The van der Waals surface area contributed by atoms with E-state index in [4.69, 9.17) is 5.73 Å². The molecule has 0 saturated carbocycles. The number of amides is 1. The Balaban J connectivity index is 2.27. The highest BCUT2D eigenvalue weighted by Crippen LogP contribution is 2.19. The third-order valence-electron chi connectivity index (χ3n) is 2.90. The fourth-order valence-electron chi connectivity index (χ4n) is 1.82. The molecule has 2 rings (SSSR count). The molecule has 5 heteroatoms. The number of hydrogen-bond donors (Lipinski definition) is 2. The summed E-state index contributed by atoms with van der Waals surface area (Å²) in [6.45, 7) is 3.77. The summed E-state index contributed by atoms with van der Waals surface area (Å²) < 4.78 is 1.74. The molecule has 0 aliphatic carbocycles. The molecule has 0 fully saturated rings. The van der Waals surface area contributed by atoms with E-state index >= 15 is 0 Å². The van der Waals surface area contributed by atoms with Crippen molar-refractivity contribution < 1.29 is 4.79 Å². The highest BCUT2D eigenvalue weighted by atomic mass is 16.1. The standard InChI is InChI=1S/C13H16N4O/c1-8-12(9(2)17(3)16-8)15-13(18)10-5-4-6-11(14)7-10/h4-7H,14H2,1-3H3,(H,15,18). The molecule has 0 bridgehead atoms. The second kappa shape index (κ2) is 4.52. The van der Waals surface area contributed by atoms with Gasteiger partial charge in [0.05, 0.1) is 17.1 Å². The Labute approximate surface area is 106 Å².